The molecule has 0 aromatic heterocycles. The van der Waals surface area contributed by atoms with E-state index in [0.29, 0.717) is 6.42 Å². The number of rotatable bonds is 5. The van der Waals surface area contributed by atoms with Gasteiger partial charge >= 0.3 is 0 Å². The van der Waals surface area contributed by atoms with Crippen molar-refractivity contribution in [2.75, 3.05) is 24.4 Å². The van der Waals surface area contributed by atoms with Crippen molar-refractivity contribution in [1.29, 1.82) is 0 Å². The zero-order valence-corrected chi connectivity index (χ0v) is 9.76. The Morgan fingerprint density at radius 2 is 2.33 bits per heavy atom. The van der Waals surface area contributed by atoms with Gasteiger partial charge in [-0.1, -0.05) is 6.07 Å². The third-order valence-corrected chi connectivity index (χ3v) is 2.50. The largest absolute Gasteiger partial charge is 0.497 e. The molecule has 0 aliphatic rings. The smallest absolute Gasteiger partial charge is 0.225 e. The van der Waals surface area contributed by atoms with Gasteiger partial charge in [0.05, 0.1) is 7.11 Å². The summed E-state index contributed by atoms with van der Waals surface area (Å²) < 4.78 is 5.06. The molecule has 82 valence electrons. The first-order valence-electron chi connectivity index (χ1n) is 4.69. The number of hydrogen-bond acceptors (Lipinski definition) is 3. The number of ether oxygens (including phenoxy) is 1. The highest BCUT2D eigenvalue weighted by Gasteiger charge is 2.02. The first-order valence-corrected chi connectivity index (χ1v) is 6.08. The molecular formula is C11H15NO2S. The predicted octanol–water partition coefficient (Wildman–Crippen LogP) is 2.39. The molecule has 0 unspecified atom stereocenters. The summed E-state index contributed by atoms with van der Waals surface area (Å²) in [6.07, 6.45) is 2.53. The first-order chi connectivity index (χ1) is 7.26. The average Bonchev–Trinajstić information content (AvgIpc) is 2.26. The summed E-state index contributed by atoms with van der Waals surface area (Å²) in [6, 6.07) is 7.34. The maximum atomic E-state index is 11.4. The van der Waals surface area contributed by atoms with E-state index in [2.05, 4.69) is 5.32 Å². The molecule has 0 heterocycles. The van der Waals surface area contributed by atoms with Gasteiger partial charge in [-0.05, 0) is 18.4 Å². The Hall–Kier alpha value is -1.16. The molecule has 3 nitrogen and oxygen atoms in total. The summed E-state index contributed by atoms with van der Waals surface area (Å²) in [5.74, 6) is 1.63. The minimum absolute atomic E-state index is 0.0394. The molecule has 1 amide bonds. The summed E-state index contributed by atoms with van der Waals surface area (Å²) in [5.41, 5.74) is 0.778. The zero-order chi connectivity index (χ0) is 11.1. The Morgan fingerprint density at radius 3 is 3.00 bits per heavy atom. The van der Waals surface area contributed by atoms with Crippen LogP contribution in [0.3, 0.4) is 0 Å². The van der Waals surface area contributed by atoms with Gasteiger partial charge in [-0.15, -0.1) is 0 Å². The molecule has 15 heavy (non-hydrogen) atoms. The van der Waals surface area contributed by atoms with Crippen molar-refractivity contribution in [2.45, 2.75) is 6.42 Å². The lowest BCUT2D eigenvalue weighted by Crippen LogP contribution is -2.11. The Kier molecular flexibility index (Phi) is 5.04. The fourth-order valence-corrected chi connectivity index (χ4v) is 1.51. The monoisotopic (exact) mass is 225 g/mol. The summed E-state index contributed by atoms with van der Waals surface area (Å²) in [7, 11) is 1.61. The molecular weight excluding hydrogens is 210 g/mol. The number of hydrogen-bond donors (Lipinski definition) is 1. The number of amides is 1. The van der Waals surface area contributed by atoms with E-state index in [9.17, 15) is 4.79 Å². The fraction of sp³-hybridized carbons (Fsp3) is 0.364. The van der Waals surface area contributed by atoms with Crippen LogP contribution in [0.2, 0.25) is 0 Å². The maximum Gasteiger partial charge on any atom is 0.225 e. The molecule has 0 bridgehead atoms. The molecule has 1 aromatic rings. The number of methoxy groups -OCH3 is 1. The van der Waals surface area contributed by atoms with Crippen molar-refractivity contribution in [3.8, 4) is 5.75 Å². The van der Waals surface area contributed by atoms with Crippen LogP contribution in [0.25, 0.3) is 0 Å². The van der Waals surface area contributed by atoms with Crippen LogP contribution in [0.15, 0.2) is 24.3 Å². The van der Waals surface area contributed by atoms with Crippen molar-refractivity contribution in [2.24, 2.45) is 0 Å². The van der Waals surface area contributed by atoms with Gasteiger partial charge in [0, 0.05) is 23.9 Å². The highest BCUT2D eigenvalue weighted by atomic mass is 32.2. The lowest BCUT2D eigenvalue weighted by atomic mass is 10.3. The van der Waals surface area contributed by atoms with E-state index in [4.69, 9.17) is 4.74 Å². The van der Waals surface area contributed by atoms with Crippen molar-refractivity contribution in [3.05, 3.63) is 24.3 Å². The minimum atomic E-state index is 0.0394. The van der Waals surface area contributed by atoms with Crippen molar-refractivity contribution in [3.63, 3.8) is 0 Å². The number of benzene rings is 1. The average molecular weight is 225 g/mol. The summed E-state index contributed by atoms with van der Waals surface area (Å²) in [5, 5.41) is 2.82. The molecule has 0 saturated carbocycles. The maximum absolute atomic E-state index is 11.4. The van der Waals surface area contributed by atoms with Gasteiger partial charge in [0.2, 0.25) is 5.91 Å². The molecule has 0 spiro atoms. The Labute approximate surface area is 94.2 Å². The van der Waals surface area contributed by atoms with Gasteiger partial charge < -0.3 is 10.1 Å². The molecule has 0 radical (unpaired) electrons. The molecule has 1 rings (SSSR count). The van der Waals surface area contributed by atoms with Crippen molar-refractivity contribution >= 4 is 23.4 Å². The van der Waals surface area contributed by atoms with Gasteiger partial charge in [-0.2, -0.15) is 11.8 Å². The van der Waals surface area contributed by atoms with Crippen LogP contribution >= 0.6 is 11.8 Å². The summed E-state index contributed by atoms with van der Waals surface area (Å²) in [6.45, 7) is 0. The number of thioether (sulfide) groups is 1. The van der Waals surface area contributed by atoms with Gasteiger partial charge in [0.15, 0.2) is 0 Å². The molecule has 1 aromatic carbocycles. The van der Waals surface area contributed by atoms with Crippen molar-refractivity contribution < 1.29 is 9.53 Å². The summed E-state index contributed by atoms with van der Waals surface area (Å²) in [4.78, 5) is 11.4. The lowest BCUT2D eigenvalue weighted by molar-refractivity contribution is -0.115. The van der Waals surface area contributed by atoms with E-state index in [1.165, 1.54) is 0 Å². The van der Waals surface area contributed by atoms with Crippen LogP contribution in [0.1, 0.15) is 6.42 Å². The van der Waals surface area contributed by atoms with E-state index in [-0.39, 0.29) is 5.91 Å². The van der Waals surface area contributed by atoms with Crippen LogP contribution in [0, 0.1) is 0 Å². The number of carbonyl (C=O) groups is 1. The molecule has 4 heteroatoms. The molecule has 0 aliphatic carbocycles. The van der Waals surface area contributed by atoms with Crippen LogP contribution < -0.4 is 10.1 Å². The first kappa shape index (κ1) is 11.9. The zero-order valence-electron chi connectivity index (χ0n) is 8.95. The van der Waals surface area contributed by atoms with Gasteiger partial charge in [0.1, 0.15) is 5.75 Å². The van der Waals surface area contributed by atoms with Crippen LogP contribution in [0.4, 0.5) is 5.69 Å². The highest BCUT2D eigenvalue weighted by molar-refractivity contribution is 7.98. The normalized spacial score (nSPS) is 9.73. The topological polar surface area (TPSA) is 38.3 Å². The molecule has 0 saturated heterocycles. The van der Waals surface area contributed by atoms with E-state index < -0.39 is 0 Å². The summed E-state index contributed by atoms with van der Waals surface area (Å²) >= 11 is 1.66. The van der Waals surface area contributed by atoms with Gasteiger partial charge in [0.25, 0.3) is 0 Å². The standard InChI is InChI=1S/C11H15NO2S/c1-14-10-5-3-4-9(8-10)12-11(13)6-7-15-2/h3-5,8H,6-7H2,1-2H3,(H,12,13). The quantitative estimate of drug-likeness (QED) is 0.836. The third kappa shape index (κ3) is 4.25. The Bertz CT molecular complexity index is 328. The Balaban J connectivity index is 2.52. The number of nitrogens with one attached hydrogen (secondary N) is 1. The molecule has 0 fully saturated rings. The Morgan fingerprint density at radius 1 is 1.53 bits per heavy atom. The third-order valence-electron chi connectivity index (χ3n) is 1.89. The van der Waals surface area contributed by atoms with E-state index >= 15 is 0 Å². The van der Waals surface area contributed by atoms with E-state index in [1.807, 2.05) is 24.5 Å². The molecule has 0 atom stereocenters. The fourth-order valence-electron chi connectivity index (χ4n) is 1.12. The predicted molar refractivity (Wildman–Crippen MR) is 64.6 cm³/mol. The SMILES string of the molecule is COc1cccc(NC(=O)CCSC)c1. The van der Waals surface area contributed by atoms with Crippen LogP contribution in [-0.4, -0.2) is 25.0 Å². The van der Waals surface area contributed by atoms with Crippen LogP contribution in [0.5, 0.6) is 5.75 Å². The number of anilines is 1. The second-order valence-electron chi connectivity index (χ2n) is 3.02. The van der Waals surface area contributed by atoms with Gasteiger partial charge in [-0.25, -0.2) is 0 Å². The van der Waals surface area contributed by atoms with Crippen LogP contribution in [-0.2, 0) is 4.79 Å². The van der Waals surface area contributed by atoms with E-state index in [1.54, 1.807) is 24.9 Å². The second-order valence-corrected chi connectivity index (χ2v) is 4.01. The molecule has 0 aliphatic heterocycles. The number of carbonyl (C=O) groups excluding carboxylic acids is 1. The molecule has 1 N–H and O–H groups in total. The van der Waals surface area contributed by atoms with Crippen molar-refractivity contribution in [1.82, 2.24) is 0 Å². The lowest BCUT2D eigenvalue weighted by Gasteiger charge is -2.06. The minimum Gasteiger partial charge on any atom is -0.497 e. The van der Waals surface area contributed by atoms with E-state index in [0.717, 1.165) is 17.2 Å². The highest BCUT2D eigenvalue weighted by Crippen LogP contribution is 2.16. The van der Waals surface area contributed by atoms with Gasteiger partial charge in [-0.3, -0.25) is 4.79 Å². The second kappa shape index (κ2) is 6.35.